The van der Waals surface area contributed by atoms with Crippen LogP contribution in [-0.4, -0.2) is 46.5 Å². The number of rotatable bonds is 4. The standard InChI is InChI=1S/C12H16N4O3/c17-10-5-4-9(14-15-10)12(19)13-6-8-16-7-2-1-3-11(16)18/h4-5H,1-3,6-8H2,(H,13,19)(H,15,17). The number of nitrogens with zero attached hydrogens (tertiary/aromatic N) is 2. The second-order valence-electron chi connectivity index (χ2n) is 4.40. The number of hydrogen-bond donors (Lipinski definition) is 2. The smallest absolute Gasteiger partial charge is 0.271 e. The molecule has 1 fully saturated rings. The van der Waals surface area contributed by atoms with E-state index in [1.807, 2.05) is 0 Å². The summed E-state index contributed by atoms with van der Waals surface area (Å²) in [4.78, 5) is 35.8. The molecular weight excluding hydrogens is 248 g/mol. The minimum Gasteiger partial charge on any atom is -0.349 e. The van der Waals surface area contributed by atoms with Gasteiger partial charge in [0.15, 0.2) is 0 Å². The molecule has 0 radical (unpaired) electrons. The molecule has 1 aliphatic rings. The fourth-order valence-corrected chi connectivity index (χ4v) is 1.96. The maximum absolute atomic E-state index is 11.7. The summed E-state index contributed by atoms with van der Waals surface area (Å²) in [5.74, 6) is -0.219. The Kier molecular flexibility index (Phi) is 4.27. The molecule has 0 unspecified atom stereocenters. The van der Waals surface area contributed by atoms with E-state index in [1.54, 1.807) is 4.90 Å². The topological polar surface area (TPSA) is 95.2 Å². The Morgan fingerprint density at radius 1 is 1.37 bits per heavy atom. The Balaban J connectivity index is 1.79. The zero-order valence-corrected chi connectivity index (χ0v) is 10.5. The fourth-order valence-electron chi connectivity index (χ4n) is 1.96. The molecule has 0 atom stereocenters. The zero-order valence-electron chi connectivity index (χ0n) is 10.5. The summed E-state index contributed by atoms with van der Waals surface area (Å²) in [6.45, 7) is 1.64. The van der Waals surface area contributed by atoms with E-state index < -0.39 is 0 Å². The predicted molar refractivity (Wildman–Crippen MR) is 67.6 cm³/mol. The third-order valence-corrected chi connectivity index (χ3v) is 3.00. The minimum atomic E-state index is -0.360. The van der Waals surface area contributed by atoms with Crippen LogP contribution in [0.1, 0.15) is 29.8 Å². The number of nitrogens with one attached hydrogen (secondary N) is 2. The van der Waals surface area contributed by atoms with E-state index in [1.165, 1.54) is 12.1 Å². The highest BCUT2D eigenvalue weighted by atomic mass is 16.2. The van der Waals surface area contributed by atoms with Crippen LogP contribution in [0.2, 0.25) is 0 Å². The average molecular weight is 264 g/mol. The lowest BCUT2D eigenvalue weighted by Crippen LogP contribution is -2.41. The number of aromatic nitrogens is 2. The van der Waals surface area contributed by atoms with E-state index in [4.69, 9.17) is 0 Å². The molecule has 0 bridgehead atoms. The number of likely N-dealkylation sites (tertiary alicyclic amines) is 1. The number of amides is 2. The lowest BCUT2D eigenvalue weighted by molar-refractivity contribution is -0.133. The first-order chi connectivity index (χ1) is 9.16. The van der Waals surface area contributed by atoms with E-state index >= 15 is 0 Å². The summed E-state index contributed by atoms with van der Waals surface area (Å²) in [6, 6.07) is 2.61. The van der Waals surface area contributed by atoms with Crippen molar-refractivity contribution in [3.05, 3.63) is 28.2 Å². The molecule has 0 spiro atoms. The lowest BCUT2D eigenvalue weighted by atomic mass is 10.1. The van der Waals surface area contributed by atoms with E-state index in [9.17, 15) is 14.4 Å². The molecule has 7 heteroatoms. The van der Waals surface area contributed by atoms with Gasteiger partial charge in [0.25, 0.3) is 11.5 Å². The van der Waals surface area contributed by atoms with Gasteiger partial charge in [0.1, 0.15) is 5.69 Å². The van der Waals surface area contributed by atoms with Gasteiger partial charge in [-0.2, -0.15) is 5.10 Å². The molecule has 1 saturated heterocycles. The SMILES string of the molecule is O=C(NCCN1CCCCC1=O)c1ccc(=O)[nH]n1. The Morgan fingerprint density at radius 2 is 2.21 bits per heavy atom. The van der Waals surface area contributed by atoms with Crippen molar-refractivity contribution in [1.29, 1.82) is 0 Å². The highest BCUT2D eigenvalue weighted by Crippen LogP contribution is 2.09. The van der Waals surface area contributed by atoms with Crippen LogP contribution in [0.4, 0.5) is 0 Å². The molecule has 102 valence electrons. The summed E-state index contributed by atoms with van der Waals surface area (Å²) >= 11 is 0. The van der Waals surface area contributed by atoms with E-state index in [0.717, 1.165) is 19.4 Å². The summed E-state index contributed by atoms with van der Waals surface area (Å²) in [7, 11) is 0. The summed E-state index contributed by atoms with van der Waals surface area (Å²) < 4.78 is 0. The maximum atomic E-state index is 11.7. The monoisotopic (exact) mass is 264 g/mol. The van der Waals surface area contributed by atoms with Crippen LogP contribution in [0, 0.1) is 0 Å². The molecule has 2 rings (SSSR count). The summed E-state index contributed by atoms with van der Waals surface area (Å²) in [5.41, 5.74) is -0.194. The molecule has 7 nitrogen and oxygen atoms in total. The number of carbonyl (C=O) groups is 2. The van der Waals surface area contributed by atoms with Crippen molar-refractivity contribution < 1.29 is 9.59 Å². The van der Waals surface area contributed by atoms with E-state index in [-0.39, 0.29) is 23.1 Å². The fraction of sp³-hybridized carbons (Fsp3) is 0.500. The molecule has 2 N–H and O–H groups in total. The van der Waals surface area contributed by atoms with Crippen LogP contribution in [0.25, 0.3) is 0 Å². The van der Waals surface area contributed by atoms with Gasteiger partial charge in [-0.1, -0.05) is 0 Å². The van der Waals surface area contributed by atoms with Gasteiger partial charge in [0.2, 0.25) is 5.91 Å². The van der Waals surface area contributed by atoms with Crippen LogP contribution in [0.3, 0.4) is 0 Å². The third-order valence-electron chi connectivity index (χ3n) is 3.00. The average Bonchev–Trinajstić information content (AvgIpc) is 2.41. The maximum Gasteiger partial charge on any atom is 0.271 e. The molecule has 19 heavy (non-hydrogen) atoms. The Bertz CT molecular complexity index is 505. The highest BCUT2D eigenvalue weighted by molar-refractivity contribution is 5.92. The van der Waals surface area contributed by atoms with Crippen LogP contribution in [0.5, 0.6) is 0 Å². The number of piperidine rings is 1. The molecule has 0 aliphatic carbocycles. The first-order valence-electron chi connectivity index (χ1n) is 6.28. The van der Waals surface area contributed by atoms with Crippen molar-refractivity contribution in [3.8, 4) is 0 Å². The normalized spacial score (nSPS) is 15.4. The van der Waals surface area contributed by atoms with Gasteiger partial charge in [0.05, 0.1) is 0 Å². The van der Waals surface area contributed by atoms with Crippen LogP contribution >= 0.6 is 0 Å². The molecule has 0 aromatic carbocycles. The minimum absolute atomic E-state index is 0.141. The second-order valence-corrected chi connectivity index (χ2v) is 4.40. The van der Waals surface area contributed by atoms with E-state index in [0.29, 0.717) is 19.5 Å². The number of aromatic amines is 1. The van der Waals surface area contributed by atoms with Crippen LogP contribution in [0.15, 0.2) is 16.9 Å². The summed E-state index contributed by atoms with van der Waals surface area (Å²) in [5, 5.41) is 8.49. The van der Waals surface area contributed by atoms with Gasteiger partial charge in [-0.05, 0) is 18.9 Å². The highest BCUT2D eigenvalue weighted by Gasteiger charge is 2.17. The van der Waals surface area contributed by atoms with Gasteiger partial charge in [-0.15, -0.1) is 0 Å². The molecule has 1 aromatic heterocycles. The number of H-pyrrole nitrogens is 1. The predicted octanol–water partition coefficient (Wildman–Crippen LogP) is -0.488. The lowest BCUT2D eigenvalue weighted by Gasteiger charge is -2.26. The van der Waals surface area contributed by atoms with Gasteiger partial charge in [-0.3, -0.25) is 14.4 Å². The van der Waals surface area contributed by atoms with Crippen LogP contribution in [-0.2, 0) is 4.79 Å². The molecule has 2 heterocycles. The largest absolute Gasteiger partial charge is 0.349 e. The van der Waals surface area contributed by atoms with Crippen molar-refractivity contribution in [2.75, 3.05) is 19.6 Å². The van der Waals surface area contributed by atoms with Crippen molar-refractivity contribution in [2.45, 2.75) is 19.3 Å². The number of hydrogen-bond acceptors (Lipinski definition) is 4. The van der Waals surface area contributed by atoms with Gasteiger partial charge in [0, 0.05) is 32.1 Å². The first kappa shape index (κ1) is 13.3. The van der Waals surface area contributed by atoms with Gasteiger partial charge >= 0.3 is 0 Å². The van der Waals surface area contributed by atoms with Gasteiger partial charge < -0.3 is 10.2 Å². The van der Waals surface area contributed by atoms with Crippen molar-refractivity contribution in [2.24, 2.45) is 0 Å². The Morgan fingerprint density at radius 3 is 2.89 bits per heavy atom. The van der Waals surface area contributed by atoms with Crippen molar-refractivity contribution in [3.63, 3.8) is 0 Å². The molecule has 1 aromatic rings. The summed E-state index contributed by atoms with van der Waals surface area (Å²) in [6.07, 6.45) is 2.56. The Hall–Kier alpha value is -2.18. The molecule has 2 amide bonds. The van der Waals surface area contributed by atoms with Crippen molar-refractivity contribution >= 4 is 11.8 Å². The third kappa shape index (κ3) is 3.64. The molecule has 1 aliphatic heterocycles. The second kappa shape index (κ2) is 6.12. The van der Waals surface area contributed by atoms with E-state index in [2.05, 4.69) is 15.5 Å². The molecule has 0 saturated carbocycles. The first-order valence-corrected chi connectivity index (χ1v) is 6.28. The zero-order chi connectivity index (χ0) is 13.7. The number of carbonyl (C=O) groups excluding carboxylic acids is 2. The Labute approximate surface area is 110 Å². The quantitative estimate of drug-likeness (QED) is 0.767. The van der Waals surface area contributed by atoms with Gasteiger partial charge in [-0.25, -0.2) is 5.10 Å². The molecular formula is C12H16N4O3. The van der Waals surface area contributed by atoms with Crippen LogP contribution < -0.4 is 10.9 Å². The van der Waals surface area contributed by atoms with Crippen molar-refractivity contribution in [1.82, 2.24) is 20.4 Å².